The molecule has 8 heteroatoms. The summed E-state index contributed by atoms with van der Waals surface area (Å²) in [6.45, 7) is 0.873. The van der Waals surface area contributed by atoms with Crippen molar-refractivity contribution in [2.45, 2.75) is 63.7 Å². The second-order valence-electron chi connectivity index (χ2n) is 8.95. The van der Waals surface area contributed by atoms with Crippen LogP contribution in [0.5, 0.6) is 0 Å². The number of ether oxygens (including phenoxy) is 2. The summed E-state index contributed by atoms with van der Waals surface area (Å²) in [6, 6.07) is 9.40. The molecular formula is C24H32N2O6. The summed E-state index contributed by atoms with van der Waals surface area (Å²) in [5, 5.41) is 1.17. The van der Waals surface area contributed by atoms with Crippen LogP contribution in [0, 0.1) is 11.8 Å². The minimum Gasteiger partial charge on any atom is -0.447 e. The third kappa shape index (κ3) is 6.07. The van der Waals surface area contributed by atoms with Crippen molar-refractivity contribution in [3.63, 3.8) is 0 Å². The third-order valence-corrected chi connectivity index (χ3v) is 6.39. The van der Waals surface area contributed by atoms with Gasteiger partial charge in [-0.15, -0.1) is 0 Å². The molecule has 0 aromatic heterocycles. The molecule has 0 spiro atoms. The molecule has 1 aliphatic carbocycles. The van der Waals surface area contributed by atoms with Gasteiger partial charge in [-0.05, 0) is 43.6 Å². The van der Waals surface area contributed by atoms with Gasteiger partial charge in [0.25, 0.3) is 0 Å². The SMILES string of the molecule is O=CN(CC(CCC1CC1)C(=O)N1C(=O)OCC1Cc1ccccc1)OC1CCCCO1. The molecule has 32 heavy (non-hydrogen) atoms. The van der Waals surface area contributed by atoms with Gasteiger partial charge in [0.05, 0.1) is 18.5 Å². The van der Waals surface area contributed by atoms with E-state index >= 15 is 0 Å². The molecule has 2 saturated heterocycles. The molecule has 0 N–H and O–H groups in total. The molecule has 4 rings (SSSR count). The van der Waals surface area contributed by atoms with E-state index in [9.17, 15) is 14.4 Å². The molecular weight excluding hydrogens is 412 g/mol. The summed E-state index contributed by atoms with van der Waals surface area (Å²) in [5.41, 5.74) is 1.04. The number of hydrogen-bond donors (Lipinski definition) is 0. The molecule has 3 atom stereocenters. The van der Waals surface area contributed by atoms with E-state index in [1.165, 1.54) is 22.8 Å². The maximum absolute atomic E-state index is 13.5. The van der Waals surface area contributed by atoms with Gasteiger partial charge in [-0.2, -0.15) is 0 Å². The van der Waals surface area contributed by atoms with Crippen molar-refractivity contribution in [1.82, 2.24) is 9.96 Å². The zero-order valence-corrected chi connectivity index (χ0v) is 18.4. The van der Waals surface area contributed by atoms with Crippen LogP contribution >= 0.6 is 0 Å². The largest absolute Gasteiger partial charge is 0.447 e. The van der Waals surface area contributed by atoms with Gasteiger partial charge < -0.3 is 9.47 Å². The molecule has 174 valence electrons. The Morgan fingerprint density at radius 1 is 1.22 bits per heavy atom. The smallest absolute Gasteiger partial charge is 0.416 e. The number of cyclic esters (lactones) is 1. The Morgan fingerprint density at radius 2 is 2.03 bits per heavy atom. The van der Waals surface area contributed by atoms with Crippen molar-refractivity contribution in [2.24, 2.45) is 11.8 Å². The summed E-state index contributed by atoms with van der Waals surface area (Å²) in [5.74, 6) is -0.203. The van der Waals surface area contributed by atoms with Crippen LogP contribution in [-0.4, -0.2) is 60.5 Å². The maximum atomic E-state index is 13.5. The monoisotopic (exact) mass is 444 g/mol. The van der Waals surface area contributed by atoms with Crippen LogP contribution in [0.2, 0.25) is 0 Å². The number of hydroxylamine groups is 2. The van der Waals surface area contributed by atoms with Gasteiger partial charge in [0.2, 0.25) is 12.3 Å². The summed E-state index contributed by atoms with van der Waals surface area (Å²) in [4.78, 5) is 44.7. The third-order valence-electron chi connectivity index (χ3n) is 6.39. The van der Waals surface area contributed by atoms with Gasteiger partial charge in [-0.3, -0.25) is 9.59 Å². The fourth-order valence-corrected chi connectivity index (χ4v) is 4.37. The van der Waals surface area contributed by atoms with Gasteiger partial charge in [0, 0.05) is 13.0 Å². The predicted molar refractivity (Wildman–Crippen MR) is 115 cm³/mol. The fraction of sp³-hybridized carbons (Fsp3) is 0.625. The minimum absolute atomic E-state index is 0.0940. The molecule has 0 bridgehead atoms. The highest BCUT2D eigenvalue weighted by atomic mass is 16.8. The Kier molecular flexibility index (Phi) is 7.76. The molecule has 0 radical (unpaired) electrons. The number of benzene rings is 1. The normalized spacial score (nSPS) is 24.1. The number of amides is 3. The second kappa shape index (κ2) is 10.9. The van der Waals surface area contributed by atoms with Gasteiger partial charge in [-0.25, -0.2) is 19.6 Å². The van der Waals surface area contributed by atoms with Crippen molar-refractivity contribution in [3.8, 4) is 0 Å². The van der Waals surface area contributed by atoms with Crippen LogP contribution in [0.25, 0.3) is 0 Å². The van der Waals surface area contributed by atoms with E-state index in [-0.39, 0.29) is 25.1 Å². The van der Waals surface area contributed by atoms with Gasteiger partial charge in [0.15, 0.2) is 6.29 Å². The fourth-order valence-electron chi connectivity index (χ4n) is 4.37. The molecule has 3 aliphatic rings. The Bertz CT molecular complexity index is 778. The zero-order valence-electron chi connectivity index (χ0n) is 18.4. The van der Waals surface area contributed by atoms with E-state index in [4.69, 9.17) is 14.3 Å². The average Bonchev–Trinajstić information content (AvgIpc) is 3.58. The minimum atomic E-state index is -0.610. The van der Waals surface area contributed by atoms with Crippen LogP contribution in [0.1, 0.15) is 50.5 Å². The number of nitrogens with zero attached hydrogens (tertiary/aromatic N) is 2. The molecule has 8 nitrogen and oxygen atoms in total. The standard InChI is InChI=1S/C24H32N2O6/c27-17-25(32-22-8-4-5-13-30-22)15-20(12-11-18-9-10-18)23(28)26-21(16-31-24(26)29)14-19-6-2-1-3-7-19/h1-3,6-7,17-18,20-22H,4-5,8-16H2. The lowest BCUT2D eigenvalue weighted by Gasteiger charge is -2.30. The highest BCUT2D eigenvalue weighted by Crippen LogP contribution is 2.35. The summed E-state index contributed by atoms with van der Waals surface area (Å²) in [6.07, 6.45) is 6.56. The number of carbonyl (C=O) groups is 3. The van der Waals surface area contributed by atoms with Crippen LogP contribution in [-0.2, 0) is 30.3 Å². The van der Waals surface area contributed by atoms with Crippen molar-refractivity contribution in [1.29, 1.82) is 0 Å². The van der Waals surface area contributed by atoms with E-state index in [0.717, 1.165) is 24.8 Å². The highest BCUT2D eigenvalue weighted by molar-refractivity contribution is 5.95. The van der Waals surface area contributed by atoms with E-state index in [1.54, 1.807) is 0 Å². The number of hydrogen-bond acceptors (Lipinski definition) is 6. The van der Waals surface area contributed by atoms with Crippen LogP contribution in [0.4, 0.5) is 4.79 Å². The Labute approximate surface area is 188 Å². The lowest BCUT2D eigenvalue weighted by molar-refractivity contribution is -0.276. The lowest BCUT2D eigenvalue weighted by Crippen LogP contribution is -2.47. The van der Waals surface area contributed by atoms with Crippen molar-refractivity contribution >= 4 is 18.4 Å². The number of rotatable bonds is 11. The van der Waals surface area contributed by atoms with Crippen molar-refractivity contribution in [3.05, 3.63) is 35.9 Å². The molecule has 3 fully saturated rings. The topological polar surface area (TPSA) is 85.4 Å². The molecule has 1 aromatic rings. The van der Waals surface area contributed by atoms with Crippen LogP contribution < -0.4 is 0 Å². The first kappa shape index (κ1) is 22.7. The van der Waals surface area contributed by atoms with Crippen molar-refractivity contribution < 1.29 is 28.7 Å². The quantitative estimate of drug-likeness (QED) is 0.385. The van der Waals surface area contributed by atoms with E-state index < -0.39 is 18.3 Å². The van der Waals surface area contributed by atoms with E-state index in [2.05, 4.69) is 0 Å². The molecule has 1 saturated carbocycles. The van der Waals surface area contributed by atoms with Crippen molar-refractivity contribution in [2.75, 3.05) is 19.8 Å². The van der Waals surface area contributed by atoms with Gasteiger partial charge in [0.1, 0.15) is 6.61 Å². The van der Waals surface area contributed by atoms with Gasteiger partial charge >= 0.3 is 6.09 Å². The Morgan fingerprint density at radius 3 is 2.72 bits per heavy atom. The summed E-state index contributed by atoms with van der Waals surface area (Å²) >= 11 is 0. The molecule has 2 aliphatic heterocycles. The highest BCUT2D eigenvalue weighted by Gasteiger charge is 2.41. The lowest BCUT2D eigenvalue weighted by atomic mass is 9.97. The first-order valence-electron chi connectivity index (χ1n) is 11.7. The summed E-state index contributed by atoms with van der Waals surface area (Å²) < 4.78 is 10.8. The Balaban J connectivity index is 1.44. The van der Waals surface area contributed by atoms with Crippen LogP contribution in [0.3, 0.4) is 0 Å². The van der Waals surface area contributed by atoms with E-state index in [1.807, 2.05) is 30.3 Å². The van der Waals surface area contributed by atoms with E-state index in [0.29, 0.717) is 38.2 Å². The number of imide groups is 1. The predicted octanol–water partition coefficient (Wildman–Crippen LogP) is 3.30. The van der Waals surface area contributed by atoms with Gasteiger partial charge in [-0.1, -0.05) is 43.2 Å². The zero-order chi connectivity index (χ0) is 22.3. The Hall–Kier alpha value is -2.45. The van der Waals surface area contributed by atoms with Crippen LogP contribution in [0.15, 0.2) is 30.3 Å². The maximum Gasteiger partial charge on any atom is 0.416 e. The number of carbonyl (C=O) groups excluding carboxylic acids is 3. The molecule has 3 amide bonds. The second-order valence-corrected chi connectivity index (χ2v) is 8.95. The molecule has 1 aromatic carbocycles. The first-order valence-corrected chi connectivity index (χ1v) is 11.7. The molecule has 2 heterocycles. The molecule has 3 unspecified atom stereocenters. The average molecular weight is 445 g/mol. The summed E-state index contributed by atoms with van der Waals surface area (Å²) in [7, 11) is 0. The first-order chi connectivity index (χ1) is 15.6.